The Balaban J connectivity index is 2.59. The highest BCUT2D eigenvalue weighted by atomic mass is 79.9. The molecule has 1 atom stereocenters. The Labute approximate surface area is 109 Å². The van der Waals surface area contributed by atoms with Gasteiger partial charge in [0.25, 0.3) is 0 Å². The van der Waals surface area contributed by atoms with Crippen LogP contribution in [0.3, 0.4) is 0 Å². The third kappa shape index (κ3) is 1.87. The third-order valence-corrected chi connectivity index (χ3v) is 5.25. The third-order valence-electron chi connectivity index (χ3n) is 3.13. The molecular formula is C12H16BrNOS. The molecule has 0 aliphatic carbocycles. The second-order valence-electron chi connectivity index (χ2n) is 4.51. The lowest BCUT2D eigenvalue weighted by molar-refractivity contribution is 0.408. The molecule has 0 fully saturated rings. The van der Waals surface area contributed by atoms with Crippen molar-refractivity contribution in [2.75, 3.05) is 7.11 Å². The number of thioether (sulfide) groups is 1. The van der Waals surface area contributed by atoms with Crippen LogP contribution in [0.4, 0.5) is 0 Å². The van der Waals surface area contributed by atoms with Gasteiger partial charge in [0.2, 0.25) is 0 Å². The summed E-state index contributed by atoms with van der Waals surface area (Å²) in [5, 5.41) is 0. The lowest BCUT2D eigenvalue weighted by Gasteiger charge is -2.38. The average Bonchev–Trinajstić information content (AvgIpc) is 2.24. The zero-order chi connectivity index (χ0) is 11.9. The SMILES string of the molecule is COc1ccc(Br)c2c1CSC(C)(C)C2N. The van der Waals surface area contributed by atoms with Crippen LogP contribution in [0.25, 0.3) is 0 Å². The van der Waals surface area contributed by atoms with E-state index in [4.69, 9.17) is 10.5 Å². The van der Waals surface area contributed by atoms with Crippen molar-refractivity contribution in [1.29, 1.82) is 0 Å². The fourth-order valence-electron chi connectivity index (χ4n) is 1.99. The number of hydrogen-bond donors (Lipinski definition) is 1. The normalized spacial score (nSPS) is 22.7. The second kappa shape index (κ2) is 4.24. The quantitative estimate of drug-likeness (QED) is 0.862. The van der Waals surface area contributed by atoms with Gasteiger partial charge in [-0.05, 0) is 31.5 Å². The van der Waals surface area contributed by atoms with Crippen LogP contribution in [0, 0.1) is 0 Å². The monoisotopic (exact) mass is 301 g/mol. The molecule has 2 N–H and O–H groups in total. The summed E-state index contributed by atoms with van der Waals surface area (Å²) in [6.07, 6.45) is 0. The number of nitrogens with two attached hydrogens (primary N) is 1. The molecule has 88 valence electrons. The van der Waals surface area contributed by atoms with Crippen molar-refractivity contribution in [1.82, 2.24) is 0 Å². The lowest BCUT2D eigenvalue weighted by Crippen LogP contribution is -2.36. The van der Waals surface area contributed by atoms with E-state index in [0.717, 1.165) is 16.0 Å². The van der Waals surface area contributed by atoms with Crippen molar-refractivity contribution in [3.05, 3.63) is 27.7 Å². The highest BCUT2D eigenvalue weighted by Crippen LogP contribution is 2.49. The van der Waals surface area contributed by atoms with Gasteiger partial charge in [-0.3, -0.25) is 0 Å². The van der Waals surface area contributed by atoms with Gasteiger partial charge in [-0.2, -0.15) is 0 Å². The van der Waals surface area contributed by atoms with Gasteiger partial charge in [0.05, 0.1) is 7.11 Å². The minimum Gasteiger partial charge on any atom is -0.496 e. The van der Waals surface area contributed by atoms with E-state index in [1.807, 2.05) is 23.9 Å². The molecule has 4 heteroatoms. The highest BCUT2D eigenvalue weighted by Gasteiger charge is 2.36. The van der Waals surface area contributed by atoms with Gasteiger partial charge in [0, 0.05) is 26.6 Å². The maximum absolute atomic E-state index is 6.34. The van der Waals surface area contributed by atoms with Gasteiger partial charge in [-0.1, -0.05) is 15.9 Å². The number of rotatable bonds is 1. The minimum absolute atomic E-state index is 0.0331. The van der Waals surface area contributed by atoms with Gasteiger partial charge >= 0.3 is 0 Å². The van der Waals surface area contributed by atoms with E-state index in [0.29, 0.717) is 0 Å². The average molecular weight is 302 g/mol. The van der Waals surface area contributed by atoms with Crippen LogP contribution < -0.4 is 10.5 Å². The molecule has 0 bridgehead atoms. The smallest absolute Gasteiger partial charge is 0.123 e. The zero-order valence-electron chi connectivity index (χ0n) is 9.71. The predicted molar refractivity (Wildman–Crippen MR) is 73.0 cm³/mol. The molecule has 0 radical (unpaired) electrons. The molecule has 0 spiro atoms. The summed E-state index contributed by atoms with van der Waals surface area (Å²) in [5.74, 6) is 1.90. The zero-order valence-corrected chi connectivity index (χ0v) is 12.1. The van der Waals surface area contributed by atoms with Crippen molar-refractivity contribution < 1.29 is 4.74 Å². The van der Waals surface area contributed by atoms with E-state index >= 15 is 0 Å². The van der Waals surface area contributed by atoms with Crippen LogP contribution in [-0.2, 0) is 5.75 Å². The molecule has 1 aromatic rings. The first-order valence-corrected chi connectivity index (χ1v) is 7.00. The molecule has 2 rings (SSSR count). The maximum atomic E-state index is 6.34. The fraction of sp³-hybridized carbons (Fsp3) is 0.500. The van der Waals surface area contributed by atoms with E-state index in [2.05, 4.69) is 29.8 Å². The lowest BCUT2D eigenvalue weighted by atomic mass is 9.91. The number of methoxy groups -OCH3 is 1. The summed E-state index contributed by atoms with van der Waals surface area (Å²) in [6.45, 7) is 4.38. The number of halogens is 1. The van der Waals surface area contributed by atoms with Crippen LogP contribution in [-0.4, -0.2) is 11.9 Å². The molecule has 1 unspecified atom stereocenters. The minimum atomic E-state index is 0.0331. The van der Waals surface area contributed by atoms with Crippen LogP contribution in [0.2, 0.25) is 0 Å². The highest BCUT2D eigenvalue weighted by molar-refractivity contribution is 9.10. The summed E-state index contributed by atoms with van der Waals surface area (Å²) in [6, 6.07) is 4.05. The molecule has 1 aliphatic rings. The molecule has 2 nitrogen and oxygen atoms in total. The first-order chi connectivity index (χ1) is 7.47. The first-order valence-electron chi connectivity index (χ1n) is 5.22. The van der Waals surface area contributed by atoms with Gasteiger partial charge < -0.3 is 10.5 Å². The van der Waals surface area contributed by atoms with Gasteiger partial charge in [-0.25, -0.2) is 0 Å². The van der Waals surface area contributed by atoms with Crippen molar-refractivity contribution in [2.24, 2.45) is 5.73 Å². The van der Waals surface area contributed by atoms with E-state index in [1.165, 1.54) is 11.1 Å². The summed E-state index contributed by atoms with van der Waals surface area (Å²) >= 11 is 5.48. The Bertz CT molecular complexity index is 420. The van der Waals surface area contributed by atoms with Crippen molar-refractivity contribution in [3.63, 3.8) is 0 Å². The van der Waals surface area contributed by atoms with Gasteiger partial charge in [0.1, 0.15) is 5.75 Å². The van der Waals surface area contributed by atoms with Crippen molar-refractivity contribution in [2.45, 2.75) is 30.4 Å². The molecule has 0 amide bonds. The molecule has 0 saturated heterocycles. The Morgan fingerprint density at radius 1 is 1.50 bits per heavy atom. The van der Waals surface area contributed by atoms with Gasteiger partial charge in [-0.15, -0.1) is 11.8 Å². The van der Waals surface area contributed by atoms with E-state index in [-0.39, 0.29) is 10.8 Å². The molecule has 1 heterocycles. The molecule has 1 aromatic carbocycles. The van der Waals surface area contributed by atoms with Gasteiger partial charge in [0.15, 0.2) is 0 Å². The Morgan fingerprint density at radius 2 is 2.19 bits per heavy atom. The van der Waals surface area contributed by atoms with Crippen molar-refractivity contribution in [3.8, 4) is 5.75 Å². The van der Waals surface area contributed by atoms with Crippen LogP contribution in [0.5, 0.6) is 5.75 Å². The first kappa shape index (κ1) is 12.3. The molecule has 0 aromatic heterocycles. The molecule has 1 aliphatic heterocycles. The topological polar surface area (TPSA) is 35.2 Å². The van der Waals surface area contributed by atoms with E-state index < -0.39 is 0 Å². The predicted octanol–water partition coefficient (Wildman–Crippen LogP) is 3.48. The summed E-state index contributed by atoms with van der Waals surface area (Å²) < 4.78 is 6.55. The summed E-state index contributed by atoms with van der Waals surface area (Å²) in [7, 11) is 1.71. The maximum Gasteiger partial charge on any atom is 0.123 e. The standard InChI is InChI=1S/C12H16BrNOS/c1-12(2)11(14)10-7(6-16-12)9(15-3)5-4-8(10)13/h4-5,11H,6,14H2,1-3H3. The summed E-state index contributed by atoms with van der Waals surface area (Å²) in [5.41, 5.74) is 8.77. The Kier molecular flexibility index (Phi) is 3.25. The van der Waals surface area contributed by atoms with Crippen molar-refractivity contribution >= 4 is 27.7 Å². The van der Waals surface area contributed by atoms with E-state index in [1.54, 1.807) is 7.11 Å². The number of benzene rings is 1. The fourth-order valence-corrected chi connectivity index (χ4v) is 3.72. The summed E-state index contributed by atoms with van der Waals surface area (Å²) in [4.78, 5) is 0. The largest absolute Gasteiger partial charge is 0.496 e. The Morgan fingerprint density at radius 3 is 2.81 bits per heavy atom. The van der Waals surface area contributed by atoms with E-state index in [9.17, 15) is 0 Å². The number of ether oxygens (including phenoxy) is 1. The molecule has 16 heavy (non-hydrogen) atoms. The van der Waals surface area contributed by atoms with Crippen LogP contribution in [0.15, 0.2) is 16.6 Å². The number of hydrogen-bond acceptors (Lipinski definition) is 3. The molecule has 0 saturated carbocycles. The van der Waals surface area contributed by atoms with Crippen LogP contribution in [0.1, 0.15) is 31.0 Å². The van der Waals surface area contributed by atoms with Crippen LogP contribution >= 0.6 is 27.7 Å². The second-order valence-corrected chi connectivity index (χ2v) is 7.00. The molecular weight excluding hydrogens is 286 g/mol. The number of fused-ring (bicyclic) bond motifs is 1. The Hall–Kier alpha value is -0.190.